The highest BCUT2D eigenvalue weighted by Gasteiger charge is 2.19. The fourth-order valence-electron chi connectivity index (χ4n) is 10.1. The molecule has 6 nitrogen and oxygen atoms in total. The maximum atomic E-state index is 12.9. The molecule has 74 heavy (non-hydrogen) atoms. The van der Waals surface area contributed by atoms with Crippen LogP contribution in [0.1, 0.15) is 374 Å². The topological polar surface area (TPSA) is 78.9 Å². The van der Waals surface area contributed by atoms with Gasteiger partial charge in [0, 0.05) is 19.3 Å². The van der Waals surface area contributed by atoms with Crippen LogP contribution >= 0.6 is 0 Å². The first-order valence-electron chi connectivity index (χ1n) is 33.3. The third kappa shape index (κ3) is 60.8. The van der Waals surface area contributed by atoms with Crippen molar-refractivity contribution < 1.29 is 28.6 Å². The van der Waals surface area contributed by atoms with Gasteiger partial charge in [0.1, 0.15) is 13.2 Å². The molecule has 0 aliphatic heterocycles. The number of unbranched alkanes of at least 4 members (excludes halogenated alkanes) is 47. The lowest BCUT2D eigenvalue weighted by Gasteiger charge is -2.18. The van der Waals surface area contributed by atoms with Crippen LogP contribution < -0.4 is 0 Å². The van der Waals surface area contributed by atoms with Gasteiger partial charge in [0.25, 0.3) is 0 Å². The van der Waals surface area contributed by atoms with Gasteiger partial charge in [-0.05, 0) is 70.6 Å². The Morgan fingerprint density at radius 1 is 0.257 bits per heavy atom. The number of allylic oxidation sites excluding steroid dienone is 4. The number of rotatable bonds is 62. The average molecular weight is 1040 g/mol. The normalized spacial score (nSPS) is 12.1. The van der Waals surface area contributed by atoms with Gasteiger partial charge < -0.3 is 14.2 Å². The second-order valence-corrected chi connectivity index (χ2v) is 22.7. The van der Waals surface area contributed by atoms with Crippen LogP contribution in [-0.2, 0) is 28.6 Å². The summed E-state index contributed by atoms with van der Waals surface area (Å²) in [6, 6.07) is 0. The Labute approximate surface area is 462 Å². The van der Waals surface area contributed by atoms with E-state index in [0.717, 1.165) is 64.2 Å². The van der Waals surface area contributed by atoms with E-state index in [4.69, 9.17) is 14.2 Å². The van der Waals surface area contributed by atoms with Crippen LogP contribution in [0, 0.1) is 0 Å². The zero-order valence-electron chi connectivity index (χ0n) is 50.1. The maximum absolute atomic E-state index is 12.9. The van der Waals surface area contributed by atoms with Gasteiger partial charge in [-0.15, -0.1) is 0 Å². The fraction of sp³-hybridized carbons (Fsp3) is 0.897. The highest BCUT2D eigenvalue weighted by molar-refractivity contribution is 5.71. The molecule has 0 heterocycles. The van der Waals surface area contributed by atoms with Crippen LogP contribution in [0.4, 0.5) is 0 Å². The van der Waals surface area contributed by atoms with Gasteiger partial charge in [0.15, 0.2) is 6.10 Å². The number of esters is 3. The van der Waals surface area contributed by atoms with E-state index in [0.29, 0.717) is 19.3 Å². The van der Waals surface area contributed by atoms with Crippen molar-refractivity contribution in [2.75, 3.05) is 13.2 Å². The van der Waals surface area contributed by atoms with E-state index >= 15 is 0 Å². The van der Waals surface area contributed by atoms with Crippen LogP contribution in [0.15, 0.2) is 24.3 Å². The molecule has 0 aromatic heterocycles. The minimum Gasteiger partial charge on any atom is -0.462 e. The second-order valence-electron chi connectivity index (χ2n) is 22.7. The lowest BCUT2D eigenvalue weighted by molar-refractivity contribution is -0.167. The molecule has 0 aromatic rings. The molecule has 0 saturated carbocycles. The predicted octanol–water partition coefficient (Wildman–Crippen LogP) is 22.6. The van der Waals surface area contributed by atoms with Crippen LogP contribution in [0.25, 0.3) is 0 Å². The standard InChI is InChI=1S/C68H128O6/c1-4-7-10-13-16-19-22-25-27-29-31-32-33-34-35-36-38-39-41-43-46-49-52-55-58-61-67(70)73-64-65(63-72-66(69)60-57-54-51-48-45-24-21-18-15-12-9-6-3)74-68(71)62-59-56-53-50-47-44-42-40-37-30-28-26-23-20-17-14-11-8-5-2/h18,21,29,31,65H,4-17,19-20,22-28,30,32-64H2,1-3H3/b21-18-,31-29-. The van der Waals surface area contributed by atoms with E-state index in [1.54, 1.807) is 0 Å². The summed E-state index contributed by atoms with van der Waals surface area (Å²) in [5, 5.41) is 0. The summed E-state index contributed by atoms with van der Waals surface area (Å²) in [5.41, 5.74) is 0. The van der Waals surface area contributed by atoms with Crippen molar-refractivity contribution in [1.82, 2.24) is 0 Å². The molecule has 0 saturated heterocycles. The lowest BCUT2D eigenvalue weighted by Crippen LogP contribution is -2.30. The molecule has 436 valence electrons. The summed E-state index contributed by atoms with van der Waals surface area (Å²) in [7, 11) is 0. The molecule has 0 fully saturated rings. The predicted molar refractivity (Wildman–Crippen MR) is 321 cm³/mol. The van der Waals surface area contributed by atoms with Gasteiger partial charge in [-0.1, -0.05) is 308 Å². The van der Waals surface area contributed by atoms with Crippen LogP contribution in [0.2, 0.25) is 0 Å². The monoisotopic (exact) mass is 1040 g/mol. The highest BCUT2D eigenvalue weighted by atomic mass is 16.6. The van der Waals surface area contributed by atoms with E-state index in [1.807, 2.05) is 0 Å². The Morgan fingerprint density at radius 2 is 0.446 bits per heavy atom. The van der Waals surface area contributed by atoms with Crippen molar-refractivity contribution in [3.63, 3.8) is 0 Å². The van der Waals surface area contributed by atoms with Crippen molar-refractivity contribution in [2.45, 2.75) is 380 Å². The molecule has 0 aliphatic carbocycles. The zero-order chi connectivity index (χ0) is 53.6. The van der Waals surface area contributed by atoms with Crippen molar-refractivity contribution in [3.8, 4) is 0 Å². The van der Waals surface area contributed by atoms with Crippen LogP contribution in [0.5, 0.6) is 0 Å². The second kappa shape index (κ2) is 63.4. The largest absolute Gasteiger partial charge is 0.462 e. The smallest absolute Gasteiger partial charge is 0.306 e. The van der Waals surface area contributed by atoms with Gasteiger partial charge in [-0.3, -0.25) is 14.4 Å². The molecule has 0 spiro atoms. The van der Waals surface area contributed by atoms with Gasteiger partial charge >= 0.3 is 17.9 Å². The molecule has 1 atom stereocenters. The average Bonchev–Trinajstić information content (AvgIpc) is 3.40. The molecule has 0 radical (unpaired) electrons. The Kier molecular flexibility index (Phi) is 61.6. The Morgan fingerprint density at radius 3 is 0.703 bits per heavy atom. The Bertz CT molecular complexity index is 1190. The van der Waals surface area contributed by atoms with E-state index < -0.39 is 6.10 Å². The first-order valence-corrected chi connectivity index (χ1v) is 33.3. The third-order valence-electron chi connectivity index (χ3n) is 15.2. The molecular formula is C68H128O6. The van der Waals surface area contributed by atoms with Crippen molar-refractivity contribution >= 4 is 17.9 Å². The fourth-order valence-corrected chi connectivity index (χ4v) is 10.1. The summed E-state index contributed by atoms with van der Waals surface area (Å²) in [5.74, 6) is -0.851. The highest BCUT2D eigenvalue weighted by Crippen LogP contribution is 2.18. The summed E-state index contributed by atoms with van der Waals surface area (Å²) in [4.78, 5) is 38.3. The Balaban J connectivity index is 4.21. The molecule has 0 N–H and O–H groups in total. The summed E-state index contributed by atoms with van der Waals surface area (Å²) in [6.45, 7) is 6.68. The summed E-state index contributed by atoms with van der Waals surface area (Å²) >= 11 is 0. The van der Waals surface area contributed by atoms with Gasteiger partial charge in [0.2, 0.25) is 0 Å². The van der Waals surface area contributed by atoms with E-state index in [1.165, 1.54) is 270 Å². The SMILES string of the molecule is CCCCC/C=C\CCCCCCCC(=O)OCC(COC(=O)CCCCCCCCCCCCCCC/C=C\CCCCCCCCCC)OC(=O)CCCCCCCCCCCCCCCCCCCCC. The summed E-state index contributed by atoms with van der Waals surface area (Å²) < 4.78 is 16.9. The number of ether oxygens (including phenoxy) is 3. The number of carbonyl (C=O) groups excluding carboxylic acids is 3. The molecule has 1 unspecified atom stereocenters. The molecule has 6 heteroatoms. The molecule has 0 aromatic carbocycles. The molecular weight excluding hydrogens is 913 g/mol. The van der Waals surface area contributed by atoms with Gasteiger partial charge in [-0.2, -0.15) is 0 Å². The van der Waals surface area contributed by atoms with Gasteiger partial charge in [-0.25, -0.2) is 0 Å². The third-order valence-corrected chi connectivity index (χ3v) is 15.2. The molecule has 0 aliphatic rings. The minimum atomic E-state index is -0.771. The minimum absolute atomic E-state index is 0.0686. The molecule has 0 bridgehead atoms. The van der Waals surface area contributed by atoms with E-state index in [-0.39, 0.29) is 31.1 Å². The maximum Gasteiger partial charge on any atom is 0.306 e. The van der Waals surface area contributed by atoms with E-state index in [2.05, 4.69) is 45.1 Å². The first-order chi connectivity index (χ1) is 36.5. The molecule has 0 amide bonds. The van der Waals surface area contributed by atoms with Gasteiger partial charge in [0.05, 0.1) is 0 Å². The van der Waals surface area contributed by atoms with Crippen molar-refractivity contribution in [3.05, 3.63) is 24.3 Å². The number of hydrogen-bond acceptors (Lipinski definition) is 6. The van der Waals surface area contributed by atoms with Crippen LogP contribution in [-0.4, -0.2) is 37.2 Å². The number of carbonyl (C=O) groups is 3. The summed E-state index contributed by atoms with van der Waals surface area (Å²) in [6.07, 6.45) is 76.3. The lowest BCUT2D eigenvalue weighted by atomic mass is 10.0. The van der Waals surface area contributed by atoms with Crippen molar-refractivity contribution in [2.24, 2.45) is 0 Å². The number of hydrogen-bond donors (Lipinski definition) is 0. The zero-order valence-corrected chi connectivity index (χ0v) is 50.1. The van der Waals surface area contributed by atoms with E-state index in [9.17, 15) is 14.4 Å². The Hall–Kier alpha value is -2.11. The van der Waals surface area contributed by atoms with Crippen LogP contribution in [0.3, 0.4) is 0 Å². The quantitative estimate of drug-likeness (QED) is 0.0261. The molecule has 0 rings (SSSR count). The first kappa shape index (κ1) is 71.9. The van der Waals surface area contributed by atoms with Crippen molar-refractivity contribution in [1.29, 1.82) is 0 Å².